The number of para-hydroxylation sites is 2. The van der Waals surface area contributed by atoms with Gasteiger partial charge in [0, 0.05) is 32.1 Å². The molecule has 1 saturated heterocycles. The molecule has 2 aromatic carbocycles. The lowest BCUT2D eigenvalue weighted by molar-refractivity contribution is -0.125. The van der Waals surface area contributed by atoms with E-state index in [-0.39, 0.29) is 23.5 Å². The summed E-state index contributed by atoms with van der Waals surface area (Å²) in [6.07, 6.45) is 1.54. The van der Waals surface area contributed by atoms with Crippen LogP contribution in [0.3, 0.4) is 0 Å². The average Bonchev–Trinajstić information content (AvgIpc) is 2.83. The van der Waals surface area contributed by atoms with E-state index < -0.39 is 0 Å². The zero-order valence-corrected chi connectivity index (χ0v) is 19.6. The van der Waals surface area contributed by atoms with E-state index in [0.29, 0.717) is 44.8 Å². The maximum atomic E-state index is 13.0. The number of carbonyl (C=O) groups is 1. The number of nitrogens with zero attached hydrogens (tertiary/aromatic N) is 3. The van der Waals surface area contributed by atoms with Crippen LogP contribution in [-0.2, 0) is 17.9 Å². The Balaban J connectivity index is 1.35. The second-order valence-electron chi connectivity index (χ2n) is 8.76. The van der Waals surface area contributed by atoms with Gasteiger partial charge in [-0.25, -0.2) is 4.98 Å². The van der Waals surface area contributed by atoms with Gasteiger partial charge in [-0.3, -0.25) is 9.59 Å². The van der Waals surface area contributed by atoms with Gasteiger partial charge < -0.3 is 19.5 Å². The van der Waals surface area contributed by atoms with Crippen molar-refractivity contribution in [3.63, 3.8) is 0 Å². The first-order valence-electron chi connectivity index (χ1n) is 11.7. The van der Waals surface area contributed by atoms with Crippen LogP contribution in [0.1, 0.15) is 39.2 Å². The van der Waals surface area contributed by atoms with E-state index in [2.05, 4.69) is 10.3 Å². The number of hydrogen-bond acceptors (Lipinski definition) is 5. The third-order valence-corrected chi connectivity index (χ3v) is 6.08. The number of aromatic nitrogens is 2. The molecule has 1 aliphatic heterocycles. The molecule has 0 atom stereocenters. The fourth-order valence-electron chi connectivity index (χ4n) is 4.34. The molecule has 0 unspecified atom stereocenters. The lowest BCUT2D eigenvalue weighted by atomic mass is 9.96. The molecule has 3 aromatic rings. The Kier molecular flexibility index (Phi) is 6.96. The van der Waals surface area contributed by atoms with Crippen molar-refractivity contribution < 1.29 is 9.53 Å². The molecule has 33 heavy (non-hydrogen) atoms. The number of benzene rings is 2. The Morgan fingerprint density at radius 3 is 2.48 bits per heavy atom. The molecule has 1 amide bonds. The van der Waals surface area contributed by atoms with Crippen molar-refractivity contribution >= 4 is 22.8 Å². The number of anilines is 1. The number of piperidine rings is 1. The van der Waals surface area contributed by atoms with Crippen LogP contribution in [0.4, 0.5) is 5.82 Å². The largest absolute Gasteiger partial charge is 0.491 e. The van der Waals surface area contributed by atoms with E-state index in [9.17, 15) is 9.59 Å². The summed E-state index contributed by atoms with van der Waals surface area (Å²) in [5.74, 6) is 1.32. The van der Waals surface area contributed by atoms with Crippen LogP contribution < -0.4 is 20.5 Å². The second kappa shape index (κ2) is 10.1. The minimum Gasteiger partial charge on any atom is -0.491 e. The fraction of sp³-hybridized carbons (Fsp3) is 0.423. The number of carbonyl (C=O) groups excluding carboxylic acids is 1. The summed E-state index contributed by atoms with van der Waals surface area (Å²) < 4.78 is 7.43. The third-order valence-electron chi connectivity index (χ3n) is 6.08. The smallest absolute Gasteiger partial charge is 0.293 e. The first-order valence-corrected chi connectivity index (χ1v) is 11.7. The molecule has 0 saturated carbocycles. The predicted octanol–water partition coefficient (Wildman–Crippen LogP) is 3.74. The Morgan fingerprint density at radius 2 is 1.82 bits per heavy atom. The van der Waals surface area contributed by atoms with Gasteiger partial charge in [0.15, 0.2) is 5.82 Å². The van der Waals surface area contributed by atoms with Gasteiger partial charge in [0.25, 0.3) is 5.56 Å². The van der Waals surface area contributed by atoms with E-state index in [4.69, 9.17) is 4.74 Å². The third kappa shape index (κ3) is 5.18. The normalized spacial score (nSPS) is 14.6. The van der Waals surface area contributed by atoms with Gasteiger partial charge in [0.2, 0.25) is 5.91 Å². The highest BCUT2D eigenvalue weighted by atomic mass is 16.5. The zero-order chi connectivity index (χ0) is 23.4. The predicted molar refractivity (Wildman–Crippen MR) is 131 cm³/mol. The van der Waals surface area contributed by atoms with E-state index in [0.717, 1.165) is 22.3 Å². The molecule has 0 bridgehead atoms. The molecule has 0 radical (unpaired) electrons. The molecule has 0 spiro atoms. The first kappa shape index (κ1) is 22.8. The summed E-state index contributed by atoms with van der Waals surface area (Å²) in [6, 6.07) is 15.5. The SMILES string of the molecule is CCn1c(=O)c(N2CCC(C(=O)NCc3ccc(OC(C)C)cc3)CC2)nc2ccccc21. The molecule has 7 nitrogen and oxygen atoms in total. The molecule has 1 N–H and O–H groups in total. The standard InChI is InChI=1S/C26H32N4O3/c1-4-30-23-8-6-5-7-22(23)28-24(26(30)32)29-15-13-20(14-16-29)25(31)27-17-19-9-11-21(12-10-19)33-18(2)3/h5-12,18,20H,4,13-17H2,1-3H3,(H,27,31). The number of nitrogens with one attached hydrogen (secondary N) is 1. The van der Waals surface area contributed by atoms with E-state index in [1.165, 1.54) is 0 Å². The average molecular weight is 449 g/mol. The number of amides is 1. The number of aryl methyl sites for hydroxylation is 1. The van der Waals surface area contributed by atoms with Gasteiger partial charge in [-0.15, -0.1) is 0 Å². The maximum Gasteiger partial charge on any atom is 0.293 e. The highest BCUT2D eigenvalue weighted by molar-refractivity contribution is 5.79. The number of hydrogen-bond donors (Lipinski definition) is 1. The minimum absolute atomic E-state index is 0.0568. The van der Waals surface area contributed by atoms with Gasteiger partial charge in [0.05, 0.1) is 17.1 Å². The lowest BCUT2D eigenvalue weighted by Crippen LogP contribution is -2.43. The topological polar surface area (TPSA) is 76.5 Å². The quantitative estimate of drug-likeness (QED) is 0.596. The van der Waals surface area contributed by atoms with Gasteiger partial charge in [-0.1, -0.05) is 24.3 Å². The highest BCUT2D eigenvalue weighted by Gasteiger charge is 2.27. The van der Waals surface area contributed by atoms with Gasteiger partial charge in [0.1, 0.15) is 5.75 Å². The molecule has 174 valence electrons. The fourth-order valence-corrected chi connectivity index (χ4v) is 4.34. The van der Waals surface area contributed by atoms with Crippen molar-refractivity contribution in [1.82, 2.24) is 14.9 Å². The molecule has 1 aromatic heterocycles. The molecule has 1 fully saturated rings. The number of fused-ring (bicyclic) bond motifs is 1. The van der Waals surface area contributed by atoms with Crippen molar-refractivity contribution in [2.75, 3.05) is 18.0 Å². The van der Waals surface area contributed by atoms with Gasteiger partial charge in [-0.05, 0) is 63.4 Å². The van der Waals surface area contributed by atoms with Crippen LogP contribution in [0.15, 0.2) is 53.3 Å². The molecule has 4 rings (SSSR count). The monoisotopic (exact) mass is 448 g/mol. The number of rotatable bonds is 7. The van der Waals surface area contributed by atoms with Crippen LogP contribution in [0.2, 0.25) is 0 Å². The Labute approximate surface area is 194 Å². The van der Waals surface area contributed by atoms with Crippen LogP contribution in [0, 0.1) is 5.92 Å². The van der Waals surface area contributed by atoms with Crippen molar-refractivity contribution in [1.29, 1.82) is 0 Å². The van der Waals surface area contributed by atoms with Crippen LogP contribution in [0.25, 0.3) is 11.0 Å². The van der Waals surface area contributed by atoms with Crippen LogP contribution in [-0.4, -0.2) is 34.7 Å². The lowest BCUT2D eigenvalue weighted by Gasteiger charge is -2.32. The summed E-state index contributed by atoms with van der Waals surface area (Å²) in [5.41, 5.74) is 2.65. The van der Waals surface area contributed by atoms with Crippen molar-refractivity contribution in [2.45, 2.75) is 52.8 Å². The molecule has 2 heterocycles. The van der Waals surface area contributed by atoms with Crippen molar-refractivity contribution in [2.24, 2.45) is 5.92 Å². The summed E-state index contributed by atoms with van der Waals surface area (Å²) in [4.78, 5) is 32.5. The van der Waals surface area contributed by atoms with E-state index in [1.54, 1.807) is 4.57 Å². The number of ether oxygens (including phenoxy) is 1. The summed E-state index contributed by atoms with van der Waals surface area (Å²) in [5, 5.41) is 3.06. The van der Waals surface area contributed by atoms with Crippen LogP contribution in [0.5, 0.6) is 5.75 Å². The Bertz CT molecular complexity index is 1160. The Morgan fingerprint density at radius 1 is 1.12 bits per heavy atom. The van der Waals surface area contributed by atoms with E-state index in [1.807, 2.05) is 74.2 Å². The molecular weight excluding hydrogens is 416 g/mol. The molecule has 1 aliphatic rings. The maximum absolute atomic E-state index is 13.0. The summed E-state index contributed by atoms with van der Waals surface area (Å²) >= 11 is 0. The first-order chi connectivity index (χ1) is 16.0. The highest BCUT2D eigenvalue weighted by Crippen LogP contribution is 2.22. The summed E-state index contributed by atoms with van der Waals surface area (Å²) in [6.45, 7) is 8.34. The molecule has 7 heteroatoms. The molecule has 0 aliphatic carbocycles. The summed E-state index contributed by atoms with van der Waals surface area (Å²) in [7, 11) is 0. The minimum atomic E-state index is -0.0657. The Hall–Kier alpha value is -3.35. The van der Waals surface area contributed by atoms with E-state index >= 15 is 0 Å². The van der Waals surface area contributed by atoms with Crippen molar-refractivity contribution in [3.05, 3.63) is 64.4 Å². The van der Waals surface area contributed by atoms with Crippen LogP contribution >= 0.6 is 0 Å². The van der Waals surface area contributed by atoms with Gasteiger partial charge >= 0.3 is 0 Å². The molecular formula is C26H32N4O3. The second-order valence-corrected chi connectivity index (χ2v) is 8.76. The van der Waals surface area contributed by atoms with Crippen molar-refractivity contribution in [3.8, 4) is 5.75 Å². The zero-order valence-electron chi connectivity index (χ0n) is 19.6. The van der Waals surface area contributed by atoms with Gasteiger partial charge in [-0.2, -0.15) is 0 Å².